The van der Waals surface area contributed by atoms with Gasteiger partial charge in [0, 0.05) is 0 Å². The molecule has 0 spiro atoms. The van der Waals surface area contributed by atoms with Gasteiger partial charge in [-0.25, -0.2) is 4.79 Å². The lowest BCUT2D eigenvalue weighted by atomic mass is 10.2. The Hall–Kier alpha value is -1.59. The topological polar surface area (TPSA) is 76.0 Å². The predicted molar refractivity (Wildman–Crippen MR) is 65.3 cm³/mol. The Balaban J connectivity index is 2.57. The molecule has 0 radical (unpaired) electrons. The van der Waals surface area contributed by atoms with Gasteiger partial charge in [0.15, 0.2) is 6.10 Å². The molecule has 0 saturated carbocycles. The first-order valence-corrected chi connectivity index (χ1v) is 5.71. The van der Waals surface area contributed by atoms with E-state index in [2.05, 4.69) is 0 Å². The van der Waals surface area contributed by atoms with Crippen molar-refractivity contribution in [1.82, 2.24) is 0 Å². The average Bonchev–Trinajstić information content (AvgIpc) is 2.35. The van der Waals surface area contributed by atoms with E-state index >= 15 is 0 Å². The van der Waals surface area contributed by atoms with Crippen LogP contribution in [0, 0.1) is 6.92 Å². The number of aliphatic hydroxyl groups excluding tert-OH is 2. The molecule has 2 unspecified atom stereocenters. The second-order valence-corrected chi connectivity index (χ2v) is 4.00. The molecular formula is C13H18O5. The molecule has 2 N–H and O–H groups in total. The van der Waals surface area contributed by atoms with Crippen LogP contribution in [0.15, 0.2) is 24.3 Å². The summed E-state index contributed by atoms with van der Waals surface area (Å²) in [6, 6.07) is 7.41. The molecule has 1 rings (SSSR count). The van der Waals surface area contributed by atoms with Crippen molar-refractivity contribution in [2.45, 2.75) is 26.1 Å². The summed E-state index contributed by atoms with van der Waals surface area (Å²) in [6.45, 7) is 2.71. The highest BCUT2D eigenvalue weighted by Crippen LogP contribution is 2.17. The van der Waals surface area contributed by atoms with Gasteiger partial charge in [-0.05, 0) is 25.5 Å². The van der Waals surface area contributed by atoms with Crippen LogP contribution in [-0.4, -0.2) is 41.6 Å². The number of benzene rings is 1. The summed E-state index contributed by atoms with van der Waals surface area (Å²) < 4.78 is 10.3. The number of rotatable bonds is 6. The number of hydrogen-bond acceptors (Lipinski definition) is 5. The zero-order valence-corrected chi connectivity index (χ0v) is 10.5. The maximum absolute atomic E-state index is 11.0. The fourth-order valence-electron chi connectivity index (χ4n) is 1.37. The van der Waals surface area contributed by atoms with Gasteiger partial charge in [0.1, 0.15) is 19.0 Å². The molecule has 0 saturated heterocycles. The number of hydrogen-bond donors (Lipinski definition) is 2. The lowest BCUT2D eigenvalue weighted by Gasteiger charge is -2.21. The summed E-state index contributed by atoms with van der Waals surface area (Å²) in [6.07, 6.45) is -1.67. The van der Waals surface area contributed by atoms with Crippen molar-refractivity contribution in [2.24, 2.45) is 0 Å². The number of aliphatic hydroxyl groups is 2. The number of aryl methyl sites for hydroxylation is 1. The van der Waals surface area contributed by atoms with Crippen LogP contribution in [-0.2, 0) is 9.53 Å². The third-order valence-corrected chi connectivity index (χ3v) is 2.45. The third kappa shape index (κ3) is 4.35. The second-order valence-electron chi connectivity index (χ2n) is 4.00. The molecule has 0 aliphatic heterocycles. The smallest absolute Gasteiger partial charge is 0.332 e. The third-order valence-electron chi connectivity index (χ3n) is 2.45. The lowest BCUT2D eigenvalue weighted by Crippen LogP contribution is -2.35. The molecule has 0 heterocycles. The van der Waals surface area contributed by atoms with Crippen molar-refractivity contribution in [3.05, 3.63) is 29.8 Å². The van der Waals surface area contributed by atoms with Gasteiger partial charge < -0.3 is 19.7 Å². The van der Waals surface area contributed by atoms with Gasteiger partial charge in [0.2, 0.25) is 0 Å². The maximum atomic E-state index is 11.0. The molecule has 0 aliphatic rings. The Morgan fingerprint density at radius 2 is 2.06 bits per heavy atom. The lowest BCUT2D eigenvalue weighted by molar-refractivity contribution is -0.159. The Bertz CT molecular complexity index is 389. The summed E-state index contributed by atoms with van der Waals surface area (Å²) >= 11 is 0. The number of ether oxygens (including phenoxy) is 2. The average molecular weight is 254 g/mol. The number of para-hydroxylation sites is 1. The van der Waals surface area contributed by atoms with Crippen LogP contribution in [0.4, 0.5) is 0 Å². The minimum absolute atomic E-state index is 0.0360. The van der Waals surface area contributed by atoms with E-state index in [9.17, 15) is 9.90 Å². The van der Waals surface area contributed by atoms with Crippen LogP contribution in [0.25, 0.3) is 0 Å². The van der Waals surface area contributed by atoms with E-state index in [4.69, 9.17) is 14.6 Å². The Labute approximate surface area is 106 Å². The Kier molecular flexibility index (Phi) is 5.61. The molecule has 5 nitrogen and oxygen atoms in total. The minimum atomic E-state index is -0.871. The predicted octanol–water partition coefficient (Wildman–Crippen LogP) is 0.659. The summed E-state index contributed by atoms with van der Waals surface area (Å²) in [5, 5.41) is 18.1. The highest BCUT2D eigenvalue weighted by Gasteiger charge is 2.20. The zero-order valence-electron chi connectivity index (χ0n) is 10.5. The summed E-state index contributed by atoms with van der Waals surface area (Å²) in [4.78, 5) is 11.0. The summed E-state index contributed by atoms with van der Waals surface area (Å²) in [5.41, 5.74) is 0.954. The molecular weight excluding hydrogens is 236 g/mol. The fraction of sp³-hybridized carbons (Fsp3) is 0.462. The van der Waals surface area contributed by atoms with Gasteiger partial charge in [-0.1, -0.05) is 18.2 Å². The zero-order chi connectivity index (χ0) is 13.5. The maximum Gasteiger partial charge on any atom is 0.332 e. The standard InChI is InChI=1S/C13H18O5/c1-9-5-3-4-6-11(9)17-8-12(10(2)15)18-13(16)7-14/h3-6,10,12,14-15H,7-8H2,1-2H3. The van der Waals surface area contributed by atoms with Crippen molar-refractivity contribution < 1.29 is 24.5 Å². The first-order chi connectivity index (χ1) is 8.54. The van der Waals surface area contributed by atoms with E-state index in [1.165, 1.54) is 6.92 Å². The van der Waals surface area contributed by atoms with Crippen LogP contribution >= 0.6 is 0 Å². The van der Waals surface area contributed by atoms with Gasteiger partial charge >= 0.3 is 5.97 Å². The van der Waals surface area contributed by atoms with Gasteiger partial charge in [-0.2, -0.15) is 0 Å². The largest absolute Gasteiger partial charge is 0.489 e. The van der Waals surface area contributed by atoms with E-state index < -0.39 is 24.8 Å². The molecule has 0 fully saturated rings. The molecule has 1 aromatic rings. The minimum Gasteiger partial charge on any atom is -0.489 e. The van der Waals surface area contributed by atoms with Crippen LogP contribution < -0.4 is 4.74 Å². The van der Waals surface area contributed by atoms with E-state index in [1.54, 1.807) is 6.07 Å². The Morgan fingerprint density at radius 1 is 1.39 bits per heavy atom. The van der Waals surface area contributed by atoms with Gasteiger partial charge in [0.25, 0.3) is 0 Å². The van der Waals surface area contributed by atoms with Crippen molar-refractivity contribution in [1.29, 1.82) is 0 Å². The molecule has 1 aromatic carbocycles. The molecule has 0 aromatic heterocycles. The van der Waals surface area contributed by atoms with E-state index in [-0.39, 0.29) is 6.61 Å². The van der Waals surface area contributed by atoms with Gasteiger partial charge in [-0.3, -0.25) is 0 Å². The number of esters is 1. The van der Waals surface area contributed by atoms with Crippen LogP contribution in [0.1, 0.15) is 12.5 Å². The molecule has 2 atom stereocenters. The molecule has 0 bridgehead atoms. The quantitative estimate of drug-likeness (QED) is 0.729. The van der Waals surface area contributed by atoms with E-state index in [0.717, 1.165) is 5.56 Å². The van der Waals surface area contributed by atoms with Crippen molar-refractivity contribution in [3.63, 3.8) is 0 Å². The molecule has 5 heteroatoms. The highest BCUT2D eigenvalue weighted by atomic mass is 16.6. The normalized spacial score (nSPS) is 13.8. The first kappa shape index (κ1) is 14.5. The second kappa shape index (κ2) is 6.98. The molecule has 0 aliphatic carbocycles. The molecule has 0 amide bonds. The van der Waals surface area contributed by atoms with Crippen LogP contribution in [0.5, 0.6) is 5.75 Å². The van der Waals surface area contributed by atoms with E-state index in [1.807, 2.05) is 25.1 Å². The molecule has 18 heavy (non-hydrogen) atoms. The monoisotopic (exact) mass is 254 g/mol. The van der Waals surface area contributed by atoms with E-state index in [0.29, 0.717) is 5.75 Å². The van der Waals surface area contributed by atoms with Crippen molar-refractivity contribution >= 4 is 5.97 Å². The van der Waals surface area contributed by atoms with Gasteiger partial charge in [0.05, 0.1) is 6.10 Å². The Morgan fingerprint density at radius 3 is 2.61 bits per heavy atom. The summed E-state index contributed by atoms with van der Waals surface area (Å²) in [5.74, 6) is -0.113. The summed E-state index contributed by atoms with van der Waals surface area (Å²) in [7, 11) is 0. The fourth-order valence-corrected chi connectivity index (χ4v) is 1.37. The van der Waals surface area contributed by atoms with Gasteiger partial charge in [-0.15, -0.1) is 0 Å². The van der Waals surface area contributed by atoms with Crippen LogP contribution in [0.2, 0.25) is 0 Å². The van der Waals surface area contributed by atoms with Crippen molar-refractivity contribution in [3.8, 4) is 5.75 Å². The number of carbonyl (C=O) groups excluding carboxylic acids is 1. The van der Waals surface area contributed by atoms with Crippen LogP contribution in [0.3, 0.4) is 0 Å². The SMILES string of the molecule is Cc1ccccc1OCC(OC(=O)CO)C(C)O. The highest BCUT2D eigenvalue weighted by molar-refractivity contribution is 5.70. The first-order valence-electron chi connectivity index (χ1n) is 5.71. The van der Waals surface area contributed by atoms with Crippen molar-refractivity contribution in [2.75, 3.05) is 13.2 Å². The number of carbonyl (C=O) groups is 1. The molecule has 100 valence electrons.